The van der Waals surface area contributed by atoms with Gasteiger partial charge in [-0.3, -0.25) is 4.79 Å². The van der Waals surface area contributed by atoms with E-state index in [-0.39, 0.29) is 0 Å². The molecule has 0 rings (SSSR count). The van der Waals surface area contributed by atoms with Crippen molar-refractivity contribution in [2.75, 3.05) is 6.54 Å². The molecule has 0 aromatic heterocycles. The van der Waals surface area contributed by atoms with Crippen LogP contribution in [-0.4, -0.2) is 35.9 Å². The number of carbonyl (C=O) groups excluding carboxylic acids is 1. The smallest absolute Gasteiger partial charge is 0.382 e. The van der Waals surface area contributed by atoms with Gasteiger partial charge in [0, 0.05) is 0 Å². The predicted octanol–water partition coefficient (Wildman–Crippen LogP) is 0.153. The Labute approximate surface area is 85.6 Å². The van der Waals surface area contributed by atoms with Crippen LogP contribution < -0.4 is 11.1 Å². The molecule has 0 heterocycles. The molecular formula is C8H15F3N2O2. The van der Waals surface area contributed by atoms with Crippen molar-refractivity contribution >= 4 is 5.91 Å². The molecule has 0 aromatic carbocycles. The lowest BCUT2D eigenvalue weighted by atomic mass is 10.1. The topological polar surface area (TPSA) is 75.4 Å². The van der Waals surface area contributed by atoms with Crippen LogP contribution in [0.5, 0.6) is 0 Å². The van der Waals surface area contributed by atoms with Crippen LogP contribution in [0.4, 0.5) is 13.2 Å². The average Bonchev–Trinajstić information content (AvgIpc) is 2.12. The van der Waals surface area contributed by atoms with Crippen molar-refractivity contribution in [2.24, 2.45) is 5.73 Å². The van der Waals surface area contributed by atoms with Gasteiger partial charge in [-0.2, -0.15) is 13.2 Å². The monoisotopic (exact) mass is 228 g/mol. The van der Waals surface area contributed by atoms with Crippen molar-refractivity contribution in [1.82, 2.24) is 5.32 Å². The molecule has 0 bridgehead atoms. The first-order valence-electron chi connectivity index (χ1n) is 4.57. The first-order chi connectivity index (χ1) is 6.79. The quantitative estimate of drug-likeness (QED) is 0.627. The molecule has 0 aliphatic carbocycles. The molecule has 4 nitrogen and oxygen atoms in total. The van der Waals surface area contributed by atoms with Gasteiger partial charge in [0.1, 0.15) is 0 Å². The molecule has 90 valence electrons. The van der Waals surface area contributed by atoms with E-state index in [4.69, 9.17) is 10.8 Å². The number of hydrogen-bond acceptors (Lipinski definition) is 3. The van der Waals surface area contributed by atoms with Crippen LogP contribution in [-0.2, 0) is 4.79 Å². The van der Waals surface area contributed by atoms with Crippen molar-refractivity contribution in [1.29, 1.82) is 0 Å². The van der Waals surface area contributed by atoms with E-state index in [2.05, 4.69) is 0 Å². The van der Waals surface area contributed by atoms with E-state index >= 15 is 0 Å². The Morgan fingerprint density at radius 3 is 2.47 bits per heavy atom. The molecule has 0 aromatic rings. The highest BCUT2D eigenvalue weighted by atomic mass is 19.4. The summed E-state index contributed by atoms with van der Waals surface area (Å²) in [6, 6.07) is -0.824. The van der Waals surface area contributed by atoms with Gasteiger partial charge in [0.05, 0.1) is 12.6 Å². The van der Waals surface area contributed by atoms with Crippen LogP contribution in [0.3, 0.4) is 0 Å². The predicted molar refractivity (Wildman–Crippen MR) is 48.0 cm³/mol. The molecule has 0 aliphatic rings. The molecule has 0 aliphatic heterocycles. The molecule has 0 radical (unpaired) electrons. The first-order valence-corrected chi connectivity index (χ1v) is 4.57. The van der Waals surface area contributed by atoms with Gasteiger partial charge in [-0.25, -0.2) is 0 Å². The fourth-order valence-corrected chi connectivity index (χ4v) is 0.886. The Balaban J connectivity index is 3.90. The van der Waals surface area contributed by atoms with Crippen LogP contribution in [0.2, 0.25) is 0 Å². The lowest BCUT2D eigenvalue weighted by molar-refractivity contribution is -0.201. The maximum atomic E-state index is 11.8. The highest BCUT2D eigenvalue weighted by molar-refractivity contribution is 5.81. The van der Waals surface area contributed by atoms with Crippen LogP contribution >= 0.6 is 0 Å². The number of nitrogens with one attached hydrogen (secondary N) is 1. The van der Waals surface area contributed by atoms with E-state index < -0.39 is 30.8 Å². The SMILES string of the molecule is CCC[C@H](N)C(=O)NCC(O)C(F)(F)F. The number of aliphatic hydroxyl groups is 1. The maximum Gasteiger partial charge on any atom is 0.416 e. The molecular weight excluding hydrogens is 213 g/mol. The lowest BCUT2D eigenvalue weighted by Crippen LogP contribution is -2.46. The summed E-state index contributed by atoms with van der Waals surface area (Å²) in [6.07, 6.45) is -6.21. The highest BCUT2D eigenvalue weighted by Gasteiger charge is 2.38. The standard InChI is InChI=1S/C8H15F3N2O2/c1-2-3-5(12)7(15)13-4-6(14)8(9,10)11/h5-6,14H,2-4,12H2,1H3,(H,13,15)/t5-,6?/m0/s1. The first kappa shape index (κ1) is 14.2. The molecule has 0 saturated carbocycles. The zero-order chi connectivity index (χ0) is 12.1. The number of alkyl halides is 3. The van der Waals surface area contributed by atoms with E-state index in [9.17, 15) is 18.0 Å². The third-order valence-corrected chi connectivity index (χ3v) is 1.78. The van der Waals surface area contributed by atoms with E-state index in [0.717, 1.165) is 0 Å². The van der Waals surface area contributed by atoms with Crippen LogP contribution in [0, 0.1) is 0 Å². The number of carbonyl (C=O) groups is 1. The van der Waals surface area contributed by atoms with Crippen molar-refractivity contribution in [3.8, 4) is 0 Å². The minimum absolute atomic E-state index is 0.397. The molecule has 2 atom stereocenters. The molecule has 0 saturated heterocycles. The number of aliphatic hydroxyl groups excluding tert-OH is 1. The van der Waals surface area contributed by atoms with Gasteiger partial charge < -0.3 is 16.2 Å². The minimum atomic E-state index is -4.72. The van der Waals surface area contributed by atoms with Crippen molar-refractivity contribution in [3.05, 3.63) is 0 Å². The fraction of sp³-hybridized carbons (Fsp3) is 0.875. The lowest BCUT2D eigenvalue weighted by Gasteiger charge is -2.16. The van der Waals surface area contributed by atoms with Crippen molar-refractivity contribution in [2.45, 2.75) is 38.1 Å². The second-order valence-corrected chi connectivity index (χ2v) is 3.20. The van der Waals surface area contributed by atoms with Gasteiger partial charge in [0.2, 0.25) is 5.91 Å². The Morgan fingerprint density at radius 2 is 2.07 bits per heavy atom. The summed E-state index contributed by atoms with van der Waals surface area (Å²) in [7, 11) is 0. The Hall–Kier alpha value is -0.820. The molecule has 0 fully saturated rings. The minimum Gasteiger partial charge on any atom is -0.382 e. The summed E-state index contributed by atoms with van der Waals surface area (Å²) in [6.45, 7) is 0.942. The molecule has 4 N–H and O–H groups in total. The number of hydrogen-bond donors (Lipinski definition) is 3. The van der Waals surface area contributed by atoms with E-state index in [1.165, 1.54) is 0 Å². The van der Waals surface area contributed by atoms with Crippen LogP contribution in [0.1, 0.15) is 19.8 Å². The molecule has 15 heavy (non-hydrogen) atoms. The van der Waals surface area contributed by atoms with Gasteiger partial charge in [0.15, 0.2) is 6.10 Å². The summed E-state index contributed by atoms with van der Waals surface area (Å²) in [5.74, 6) is -0.680. The Morgan fingerprint density at radius 1 is 1.53 bits per heavy atom. The van der Waals surface area contributed by atoms with E-state index in [1.54, 1.807) is 6.92 Å². The molecule has 0 spiro atoms. The van der Waals surface area contributed by atoms with E-state index in [1.807, 2.05) is 5.32 Å². The zero-order valence-electron chi connectivity index (χ0n) is 8.34. The number of nitrogens with two attached hydrogens (primary N) is 1. The van der Waals surface area contributed by atoms with Gasteiger partial charge in [-0.1, -0.05) is 13.3 Å². The number of amides is 1. The van der Waals surface area contributed by atoms with E-state index in [0.29, 0.717) is 12.8 Å². The third kappa shape index (κ3) is 5.58. The number of halogens is 3. The normalized spacial score (nSPS) is 15.9. The van der Waals surface area contributed by atoms with Gasteiger partial charge in [0.25, 0.3) is 0 Å². The Kier molecular flexibility index (Phi) is 5.59. The number of rotatable bonds is 5. The Bertz CT molecular complexity index is 209. The summed E-state index contributed by atoms with van der Waals surface area (Å²) in [5.41, 5.74) is 5.35. The average molecular weight is 228 g/mol. The van der Waals surface area contributed by atoms with Gasteiger partial charge >= 0.3 is 6.18 Å². The van der Waals surface area contributed by atoms with Gasteiger partial charge in [-0.15, -0.1) is 0 Å². The molecule has 7 heteroatoms. The summed E-state index contributed by atoms with van der Waals surface area (Å²) >= 11 is 0. The molecule has 1 unspecified atom stereocenters. The summed E-state index contributed by atoms with van der Waals surface area (Å²) in [5, 5.41) is 10.5. The summed E-state index contributed by atoms with van der Waals surface area (Å²) in [4.78, 5) is 11.0. The summed E-state index contributed by atoms with van der Waals surface area (Å²) < 4.78 is 35.4. The second kappa shape index (κ2) is 5.92. The van der Waals surface area contributed by atoms with Crippen LogP contribution in [0.15, 0.2) is 0 Å². The van der Waals surface area contributed by atoms with Crippen LogP contribution in [0.25, 0.3) is 0 Å². The van der Waals surface area contributed by atoms with Crippen molar-refractivity contribution < 1.29 is 23.1 Å². The largest absolute Gasteiger partial charge is 0.416 e. The third-order valence-electron chi connectivity index (χ3n) is 1.78. The second-order valence-electron chi connectivity index (χ2n) is 3.20. The zero-order valence-corrected chi connectivity index (χ0v) is 8.34. The van der Waals surface area contributed by atoms with Gasteiger partial charge in [-0.05, 0) is 6.42 Å². The highest BCUT2D eigenvalue weighted by Crippen LogP contribution is 2.19. The van der Waals surface area contributed by atoms with Crippen molar-refractivity contribution in [3.63, 3.8) is 0 Å². The fourth-order valence-electron chi connectivity index (χ4n) is 0.886. The molecule has 1 amide bonds. The maximum absolute atomic E-state index is 11.8.